The second-order valence-corrected chi connectivity index (χ2v) is 5.80. The molecule has 0 aliphatic carbocycles. The Morgan fingerprint density at radius 2 is 2.05 bits per heavy atom. The maximum atomic E-state index is 10.6. The lowest BCUT2D eigenvalue weighted by Crippen LogP contribution is -2.27. The van der Waals surface area contributed by atoms with E-state index in [2.05, 4.69) is 11.1 Å². The molecular weight excluding hydrogens is 278 g/mol. The number of H-pyrrole nitrogens is 1. The first-order valence-corrected chi connectivity index (χ1v) is 7.41. The molecule has 4 heteroatoms. The SMILES string of the molecule is Oc1ccc2c(c1)C(O)C(Cc1c[nH]c3ccccc13)CO2. The van der Waals surface area contributed by atoms with Crippen molar-refractivity contribution >= 4 is 10.9 Å². The van der Waals surface area contributed by atoms with E-state index >= 15 is 0 Å². The predicted molar refractivity (Wildman–Crippen MR) is 84.1 cm³/mol. The number of phenols is 1. The van der Waals surface area contributed by atoms with Gasteiger partial charge in [0.05, 0.1) is 12.7 Å². The number of phenolic OH excluding ortho intramolecular Hbond substituents is 1. The average Bonchev–Trinajstić information content (AvgIpc) is 2.94. The van der Waals surface area contributed by atoms with E-state index in [1.807, 2.05) is 24.4 Å². The molecule has 0 fully saturated rings. The highest BCUT2D eigenvalue weighted by atomic mass is 16.5. The second kappa shape index (κ2) is 5.07. The Morgan fingerprint density at radius 3 is 2.95 bits per heavy atom. The lowest BCUT2D eigenvalue weighted by molar-refractivity contribution is 0.0507. The molecule has 0 radical (unpaired) electrons. The molecule has 3 N–H and O–H groups in total. The van der Waals surface area contributed by atoms with E-state index in [0.717, 1.165) is 11.9 Å². The number of aromatic hydroxyl groups is 1. The van der Waals surface area contributed by atoms with E-state index < -0.39 is 6.10 Å². The van der Waals surface area contributed by atoms with Crippen molar-refractivity contribution in [2.24, 2.45) is 5.92 Å². The minimum absolute atomic E-state index is 0.0338. The van der Waals surface area contributed by atoms with Crippen LogP contribution in [0.5, 0.6) is 11.5 Å². The summed E-state index contributed by atoms with van der Waals surface area (Å²) in [6.07, 6.45) is 2.08. The number of aliphatic hydroxyl groups excluding tert-OH is 1. The number of benzene rings is 2. The van der Waals surface area contributed by atoms with E-state index in [0.29, 0.717) is 17.9 Å². The van der Waals surface area contributed by atoms with Gasteiger partial charge in [0.2, 0.25) is 0 Å². The van der Waals surface area contributed by atoms with Gasteiger partial charge in [-0.3, -0.25) is 0 Å². The molecule has 4 rings (SSSR count). The predicted octanol–water partition coefficient (Wildman–Crippen LogP) is 3.16. The van der Waals surface area contributed by atoms with Crippen LogP contribution < -0.4 is 4.74 Å². The Morgan fingerprint density at radius 1 is 1.18 bits per heavy atom. The smallest absolute Gasteiger partial charge is 0.125 e. The fourth-order valence-electron chi connectivity index (χ4n) is 3.19. The van der Waals surface area contributed by atoms with Gasteiger partial charge in [0.25, 0.3) is 0 Å². The Hall–Kier alpha value is -2.46. The fraction of sp³-hybridized carbons (Fsp3) is 0.222. The summed E-state index contributed by atoms with van der Waals surface area (Å²) in [6, 6.07) is 13.0. The van der Waals surface area contributed by atoms with E-state index in [4.69, 9.17) is 4.74 Å². The first-order chi connectivity index (χ1) is 10.7. The number of rotatable bonds is 2. The summed E-state index contributed by atoms with van der Waals surface area (Å²) >= 11 is 0. The number of hydrogen-bond donors (Lipinski definition) is 3. The largest absolute Gasteiger partial charge is 0.508 e. The maximum absolute atomic E-state index is 10.6. The van der Waals surface area contributed by atoms with Crippen molar-refractivity contribution in [3.63, 3.8) is 0 Å². The molecule has 112 valence electrons. The highest BCUT2D eigenvalue weighted by molar-refractivity contribution is 5.83. The van der Waals surface area contributed by atoms with Crippen molar-refractivity contribution in [2.75, 3.05) is 6.61 Å². The van der Waals surface area contributed by atoms with Gasteiger partial charge >= 0.3 is 0 Å². The van der Waals surface area contributed by atoms with Crippen LogP contribution in [0.15, 0.2) is 48.7 Å². The normalized spacial score (nSPS) is 20.6. The van der Waals surface area contributed by atoms with Gasteiger partial charge in [-0.1, -0.05) is 18.2 Å². The summed E-state index contributed by atoms with van der Waals surface area (Å²) in [6.45, 7) is 0.471. The molecular formula is C18H17NO3. The van der Waals surface area contributed by atoms with Gasteiger partial charge in [-0.05, 0) is 36.2 Å². The minimum Gasteiger partial charge on any atom is -0.508 e. The molecule has 0 amide bonds. The fourth-order valence-corrected chi connectivity index (χ4v) is 3.19. The topological polar surface area (TPSA) is 65.5 Å². The van der Waals surface area contributed by atoms with Crippen molar-refractivity contribution in [1.82, 2.24) is 4.98 Å². The lowest BCUT2D eigenvalue weighted by Gasteiger charge is -2.30. The molecule has 2 atom stereocenters. The van der Waals surface area contributed by atoms with Crippen LogP contribution in [-0.2, 0) is 6.42 Å². The van der Waals surface area contributed by atoms with Crippen molar-refractivity contribution in [1.29, 1.82) is 0 Å². The van der Waals surface area contributed by atoms with Crippen molar-refractivity contribution in [3.05, 3.63) is 59.8 Å². The summed E-state index contributed by atoms with van der Waals surface area (Å²) in [5.41, 5.74) is 2.93. The van der Waals surface area contributed by atoms with Gasteiger partial charge in [-0.25, -0.2) is 0 Å². The number of para-hydroxylation sites is 1. The Bertz CT molecular complexity index is 824. The van der Waals surface area contributed by atoms with E-state index in [9.17, 15) is 10.2 Å². The Balaban J connectivity index is 1.64. The van der Waals surface area contributed by atoms with Gasteiger partial charge in [0, 0.05) is 28.6 Å². The molecule has 0 saturated carbocycles. The Kier molecular flexibility index (Phi) is 3.05. The van der Waals surface area contributed by atoms with E-state index in [-0.39, 0.29) is 11.7 Å². The summed E-state index contributed by atoms with van der Waals surface area (Å²) in [5.74, 6) is 0.767. The summed E-state index contributed by atoms with van der Waals surface area (Å²) in [4.78, 5) is 3.26. The first kappa shape index (κ1) is 13.2. The molecule has 1 aliphatic rings. The van der Waals surface area contributed by atoms with E-state index in [1.165, 1.54) is 10.9 Å². The average molecular weight is 295 g/mol. The zero-order valence-electron chi connectivity index (χ0n) is 12.0. The second-order valence-electron chi connectivity index (χ2n) is 5.80. The zero-order chi connectivity index (χ0) is 15.1. The molecule has 0 spiro atoms. The number of hydrogen-bond acceptors (Lipinski definition) is 3. The van der Waals surface area contributed by atoms with Crippen LogP contribution in [0, 0.1) is 5.92 Å². The molecule has 0 bridgehead atoms. The monoisotopic (exact) mass is 295 g/mol. The van der Waals surface area contributed by atoms with Crippen molar-refractivity contribution in [2.45, 2.75) is 12.5 Å². The number of aromatic nitrogens is 1. The van der Waals surface area contributed by atoms with Crippen LogP contribution in [0.25, 0.3) is 10.9 Å². The minimum atomic E-state index is -0.635. The molecule has 1 aromatic heterocycles. The standard InChI is InChI=1S/C18H17NO3/c20-13-5-6-17-15(8-13)18(21)12(10-22-17)7-11-9-19-16-4-2-1-3-14(11)16/h1-6,8-9,12,18-21H,7,10H2. The third kappa shape index (κ3) is 2.12. The van der Waals surface area contributed by atoms with Gasteiger partial charge in [-0.2, -0.15) is 0 Å². The molecule has 2 heterocycles. The summed E-state index contributed by atoms with van der Waals surface area (Å²) in [7, 11) is 0. The molecule has 4 nitrogen and oxygen atoms in total. The van der Waals surface area contributed by atoms with Crippen molar-refractivity contribution < 1.29 is 14.9 Å². The summed E-state index contributed by atoms with van der Waals surface area (Å²) < 4.78 is 5.74. The highest BCUT2D eigenvalue weighted by Gasteiger charge is 2.30. The number of aromatic amines is 1. The maximum Gasteiger partial charge on any atom is 0.125 e. The van der Waals surface area contributed by atoms with Gasteiger partial charge in [0.1, 0.15) is 11.5 Å². The molecule has 2 unspecified atom stereocenters. The third-order valence-electron chi connectivity index (χ3n) is 4.37. The van der Waals surface area contributed by atoms with Gasteiger partial charge in [0.15, 0.2) is 0 Å². The van der Waals surface area contributed by atoms with Crippen LogP contribution in [-0.4, -0.2) is 21.8 Å². The van der Waals surface area contributed by atoms with Gasteiger partial charge in [-0.15, -0.1) is 0 Å². The zero-order valence-corrected chi connectivity index (χ0v) is 12.0. The van der Waals surface area contributed by atoms with Crippen LogP contribution in [0.4, 0.5) is 0 Å². The molecule has 0 saturated heterocycles. The van der Waals surface area contributed by atoms with Gasteiger partial charge < -0.3 is 19.9 Å². The van der Waals surface area contributed by atoms with Crippen LogP contribution in [0.1, 0.15) is 17.2 Å². The quantitative estimate of drug-likeness (QED) is 0.680. The number of nitrogens with one attached hydrogen (secondary N) is 1. The van der Waals surface area contributed by atoms with E-state index in [1.54, 1.807) is 18.2 Å². The Labute approximate surface area is 128 Å². The van der Waals surface area contributed by atoms with Crippen molar-refractivity contribution in [3.8, 4) is 11.5 Å². The lowest BCUT2D eigenvalue weighted by atomic mass is 9.88. The number of fused-ring (bicyclic) bond motifs is 2. The third-order valence-corrected chi connectivity index (χ3v) is 4.37. The number of aliphatic hydroxyl groups is 1. The molecule has 2 aromatic carbocycles. The first-order valence-electron chi connectivity index (χ1n) is 7.41. The summed E-state index contributed by atoms with van der Waals surface area (Å²) in [5, 5.41) is 21.4. The molecule has 1 aliphatic heterocycles. The van der Waals surface area contributed by atoms with Crippen LogP contribution in [0.3, 0.4) is 0 Å². The highest BCUT2D eigenvalue weighted by Crippen LogP contribution is 2.39. The number of ether oxygens (including phenoxy) is 1. The molecule has 3 aromatic rings. The van der Waals surface area contributed by atoms with Crippen LogP contribution >= 0.6 is 0 Å². The van der Waals surface area contributed by atoms with Crippen LogP contribution in [0.2, 0.25) is 0 Å². The molecule has 22 heavy (non-hydrogen) atoms.